The van der Waals surface area contributed by atoms with E-state index >= 15 is 0 Å². The Labute approximate surface area is 125 Å². The molecule has 8 heteroatoms. The first kappa shape index (κ1) is 13.4. The summed E-state index contributed by atoms with van der Waals surface area (Å²) in [5.74, 6) is -0.445. The number of rotatable bonds is 2. The van der Waals surface area contributed by atoms with Gasteiger partial charge in [-0.25, -0.2) is 0 Å². The van der Waals surface area contributed by atoms with Gasteiger partial charge in [0.25, 0.3) is 11.4 Å². The predicted molar refractivity (Wildman–Crippen MR) is 76.3 cm³/mol. The highest BCUT2D eigenvalue weighted by Crippen LogP contribution is 2.45. The van der Waals surface area contributed by atoms with Crippen molar-refractivity contribution in [2.75, 3.05) is 0 Å². The van der Waals surface area contributed by atoms with E-state index < -0.39 is 27.0 Å². The van der Waals surface area contributed by atoms with Gasteiger partial charge in [-0.15, -0.1) is 0 Å². The predicted octanol–water partition coefficient (Wildman–Crippen LogP) is 3.48. The van der Waals surface area contributed by atoms with E-state index in [9.17, 15) is 25.0 Å². The molecule has 0 aliphatic heterocycles. The Hall–Kier alpha value is -2.61. The summed E-state index contributed by atoms with van der Waals surface area (Å²) in [5, 5.41) is 22.1. The first-order valence-corrected chi connectivity index (χ1v) is 6.51. The van der Waals surface area contributed by atoms with Crippen molar-refractivity contribution >= 4 is 33.1 Å². The fraction of sp³-hybridized carbons (Fsp3) is 0. The summed E-state index contributed by atoms with van der Waals surface area (Å²) >= 11 is 3.25. The molecule has 2 aromatic rings. The molecule has 0 aromatic heterocycles. The number of nitro benzene ring substituents is 2. The Kier molecular flexibility index (Phi) is 2.84. The number of hydrogen-bond acceptors (Lipinski definition) is 5. The van der Waals surface area contributed by atoms with Crippen LogP contribution < -0.4 is 0 Å². The normalized spacial score (nSPS) is 12.0. The third-order valence-electron chi connectivity index (χ3n) is 3.25. The van der Waals surface area contributed by atoms with Crippen LogP contribution in [0, 0.1) is 20.2 Å². The van der Waals surface area contributed by atoms with Crippen LogP contribution in [0.15, 0.2) is 34.8 Å². The van der Waals surface area contributed by atoms with Crippen molar-refractivity contribution in [2.45, 2.75) is 0 Å². The van der Waals surface area contributed by atoms with E-state index in [-0.39, 0.29) is 11.1 Å². The lowest BCUT2D eigenvalue weighted by Gasteiger charge is -2.02. The number of ketones is 1. The molecule has 1 aliphatic rings. The van der Waals surface area contributed by atoms with Crippen molar-refractivity contribution in [1.29, 1.82) is 0 Å². The monoisotopic (exact) mass is 348 g/mol. The highest BCUT2D eigenvalue weighted by molar-refractivity contribution is 9.10. The van der Waals surface area contributed by atoms with Gasteiger partial charge < -0.3 is 0 Å². The topological polar surface area (TPSA) is 103 Å². The molecule has 3 rings (SSSR count). The Balaban J connectivity index is 2.41. The molecular formula is C13H5BrN2O5. The van der Waals surface area contributed by atoms with Crippen LogP contribution >= 0.6 is 15.9 Å². The van der Waals surface area contributed by atoms with Gasteiger partial charge in [-0.05, 0) is 18.2 Å². The summed E-state index contributed by atoms with van der Waals surface area (Å²) in [6.07, 6.45) is 0. The minimum atomic E-state index is -0.751. The zero-order valence-corrected chi connectivity index (χ0v) is 11.8. The highest BCUT2D eigenvalue weighted by atomic mass is 79.9. The van der Waals surface area contributed by atoms with Gasteiger partial charge >= 0.3 is 0 Å². The molecule has 0 atom stereocenters. The zero-order valence-electron chi connectivity index (χ0n) is 10.2. The van der Waals surface area contributed by atoms with Crippen molar-refractivity contribution in [1.82, 2.24) is 0 Å². The maximum Gasteiger partial charge on any atom is 0.284 e. The van der Waals surface area contributed by atoms with E-state index in [1.165, 1.54) is 6.07 Å². The number of carbonyl (C=O) groups is 1. The number of benzene rings is 2. The van der Waals surface area contributed by atoms with E-state index in [4.69, 9.17) is 0 Å². The van der Waals surface area contributed by atoms with Gasteiger partial charge in [0.15, 0.2) is 5.78 Å². The molecule has 0 amide bonds. The molecule has 104 valence electrons. The number of carbonyl (C=O) groups excluding carboxylic acids is 1. The van der Waals surface area contributed by atoms with Gasteiger partial charge in [0.2, 0.25) is 0 Å². The SMILES string of the molecule is O=C1c2ccc(Br)cc2-c2c1cc([N+](=O)[O-])cc2[N+](=O)[O-]. The van der Waals surface area contributed by atoms with Crippen LogP contribution in [-0.2, 0) is 0 Å². The number of nitro groups is 2. The molecule has 0 saturated heterocycles. The van der Waals surface area contributed by atoms with Crippen LogP contribution in [0.5, 0.6) is 0 Å². The maximum atomic E-state index is 12.3. The largest absolute Gasteiger partial charge is 0.289 e. The van der Waals surface area contributed by atoms with Gasteiger partial charge in [-0.3, -0.25) is 25.0 Å². The van der Waals surface area contributed by atoms with E-state index in [1.807, 2.05) is 0 Å². The number of non-ortho nitro benzene ring substituents is 1. The van der Waals surface area contributed by atoms with Crippen LogP contribution in [0.1, 0.15) is 15.9 Å². The maximum absolute atomic E-state index is 12.3. The van der Waals surface area contributed by atoms with Gasteiger partial charge in [-0.1, -0.05) is 15.9 Å². The van der Waals surface area contributed by atoms with Crippen molar-refractivity contribution in [3.8, 4) is 11.1 Å². The Bertz CT molecular complexity index is 847. The second-order valence-electron chi connectivity index (χ2n) is 4.42. The van der Waals surface area contributed by atoms with E-state index in [0.717, 1.165) is 12.1 Å². The van der Waals surface area contributed by atoms with Crippen molar-refractivity contribution < 1.29 is 14.6 Å². The first-order valence-electron chi connectivity index (χ1n) is 5.71. The van der Waals surface area contributed by atoms with Crippen LogP contribution in [-0.4, -0.2) is 15.6 Å². The molecule has 1 aliphatic carbocycles. The molecule has 0 bridgehead atoms. The Morgan fingerprint density at radius 1 is 0.905 bits per heavy atom. The third-order valence-corrected chi connectivity index (χ3v) is 3.74. The average Bonchev–Trinajstić information content (AvgIpc) is 2.71. The van der Waals surface area contributed by atoms with Gasteiger partial charge in [-0.2, -0.15) is 0 Å². The molecule has 0 spiro atoms. The second-order valence-corrected chi connectivity index (χ2v) is 5.34. The smallest absolute Gasteiger partial charge is 0.284 e. The summed E-state index contributed by atoms with van der Waals surface area (Å²) in [6.45, 7) is 0. The summed E-state index contributed by atoms with van der Waals surface area (Å²) in [4.78, 5) is 32.9. The number of nitrogens with zero attached hydrogens (tertiary/aromatic N) is 2. The average molecular weight is 349 g/mol. The zero-order chi connectivity index (χ0) is 15.3. The summed E-state index contributed by atoms with van der Waals surface area (Å²) in [5.41, 5.74) is -0.0799. The van der Waals surface area contributed by atoms with E-state index in [0.29, 0.717) is 15.6 Å². The minimum absolute atomic E-state index is 0.0102. The molecule has 0 fully saturated rings. The molecule has 0 N–H and O–H groups in total. The Morgan fingerprint density at radius 3 is 2.24 bits per heavy atom. The van der Waals surface area contributed by atoms with Gasteiger partial charge in [0.1, 0.15) is 0 Å². The van der Waals surface area contributed by atoms with Crippen LogP contribution in [0.4, 0.5) is 11.4 Å². The van der Waals surface area contributed by atoms with Crippen LogP contribution in [0.2, 0.25) is 0 Å². The fourth-order valence-electron chi connectivity index (χ4n) is 2.39. The minimum Gasteiger partial charge on any atom is -0.289 e. The van der Waals surface area contributed by atoms with Crippen molar-refractivity contribution in [3.63, 3.8) is 0 Å². The standard InChI is InChI=1S/C13H5BrN2O5/c14-6-1-2-8-9(3-6)12-10(13(8)17)4-7(15(18)19)5-11(12)16(20)21/h1-5H. The molecule has 7 nitrogen and oxygen atoms in total. The molecule has 2 aromatic carbocycles. The molecule has 0 radical (unpaired) electrons. The molecule has 21 heavy (non-hydrogen) atoms. The lowest BCUT2D eigenvalue weighted by molar-refractivity contribution is -0.393. The molecular weight excluding hydrogens is 344 g/mol. The molecule has 0 heterocycles. The number of halogens is 1. The summed E-state index contributed by atoms with van der Waals surface area (Å²) in [6, 6.07) is 6.73. The van der Waals surface area contributed by atoms with Crippen molar-refractivity contribution in [2.24, 2.45) is 0 Å². The molecule has 0 unspecified atom stereocenters. The Morgan fingerprint density at radius 2 is 1.62 bits per heavy atom. The highest BCUT2D eigenvalue weighted by Gasteiger charge is 2.35. The quantitative estimate of drug-likeness (QED) is 0.520. The van der Waals surface area contributed by atoms with Crippen molar-refractivity contribution in [3.05, 3.63) is 66.2 Å². The fourth-order valence-corrected chi connectivity index (χ4v) is 2.75. The first-order chi connectivity index (χ1) is 9.90. The third kappa shape index (κ3) is 1.91. The summed E-state index contributed by atoms with van der Waals surface area (Å²) in [7, 11) is 0. The van der Waals surface area contributed by atoms with Gasteiger partial charge in [0, 0.05) is 27.2 Å². The van der Waals surface area contributed by atoms with E-state index in [2.05, 4.69) is 15.9 Å². The van der Waals surface area contributed by atoms with Crippen LogP contribution in [0.25, 0.3) is 11.1 Å². The lowest BCUT2D eigenvalue weighted by atomic mass is 10.0. The van der Waals surface area contributed by atoms with Gasteiger partial charge in [0.05, 0.1) is 21.5 Å². The number of fused-ring (bicyclic) bond motifs is 3. The summed E-state index contributed by atoms with van der Waals surface area (Å²) < 4.78 is 0.662. The second kappa shape index (κ2) is 4.45. The lowest BCUT2D eigenvalue weighted by Crippen LogP contribution is -1.99. The molecule has 0 saturated carbocycles. The number of hydrogen-bond donors (Lipinski definition) is 0. The van der Waals surface area contributed by atoms with Crippen LogP contribution in [0.3, 0.4) is 0 Å². The van der Waals surface area contributed by atoms with E-state index in [1.54, 1.807) is 12.1 Å².